The molecule has 0 aliphatic rings. The second kappa shape index (κ2) is 9.42. The van der Waals surface area contributed by atoms with Gasteiger partial charge in [-0.15, -0.1) is 0 Å². The number of aromatic nitrogens is 1. The zero-order valence-electron chi connectivity index (χ0n) is 16.5. The normalized spacial score (nSPS) is 11.6. The lowest BCUT2D eigenvalue weighted by atomic mass is 10.2. The van der Waals surface area contributed by atoms with Gasteiger partial charge in [0.1, 0.15) is 4.90 Å². The molecule has 0 amide bonds. The van der Waals surface area contributed by atoms with Gasteiger partial charge in [0.05, 0.1) is 16.8 Å². The predicted molar refractivity (Wildman–Crippen MR) is 113 cm³/mol. The van der Waals surface area contributed by atoms with E-state index in [1.54, 1.807) is 20.0 Å². The van der Waals surface area contributed by atoms with Crippen LogP contribution in [0.25, 0.3) is 11.3 Å². The maximum atomic E-state index is 12.8. The molecule has 0 saturated carbocycles. The molecule has 0 spiro atoms. The molecule has 0 bridgehead atoms. The summed E-state index contributed by atoms with van der Waals surface area (Å²) in [6.45, 7) is 3.85. The summed E-state index contributed by atoms with van der Waals surface area (Å²) < 4.78 is 37.6. The molecule has 3 aromatic rings. The summed E-state index contributed by atoms with van der Waals surface area (Å²) in [5, 5.41) is 0.0404. The lowest BCUT2D eigenvalue weighted by Gasteiger charge is -2.19. The number of hydrogen-bond acceptors (Lipinski definition) is 6. The number of nitrogens with zero attached hydrogens (tertiary/aromatic N) is 2. The smallest absolute Gasteiger partial charge is 0.338 e. The van der Waals surface area contributed by atoms with Gasteiger partial charge in [-0.3, -0.25) is 0 Å². The summed E-state index contributed by atoms with van der Waals surface area (Å²) in [5.41, 5.74) is 0.923. The molecule has 0 saturated heterocycles. The number of esters is 1. The van der Waals surface area contributed by atoms with Crippen LogP contribution in [0.5, 0.6) is 0 Å². The van der Waals surface area contributed by atoms with Crippen LogP contribution >= 0.6 is 11.6 Å². The van der Waals surface area contributed by atoms with E-state index in [2.05, 4.69) is 4.98 Å². The number of rotatable bonds is 8. The number of oxazole rings is 1. The lowest BCUT2D eigenvalue weighted by molar-refractivity contribution is 0.0438. The fraction of sp³-hybridized carbons (Fsp3) is 0.238. The van der Waals surface area contributed by atoms with Crippen LogP contribution in [0.2, 0.25) is 5.02 Å². The number of hydrogen-bond donors (Lipinski definition) is 0. The standard InChI is InChI=1S/C21H21ClN2O5S/c1-3-24(4-2)30(26,27)19-12-16(10-11-17(19)22)21(25)28-14-20-23-13-18(29-20)15-8-6-5-7-9-15/h5-13H,3-4,14H2,1-2H3. The maximum absolute atomic E-state index is 12.8. The van der Waals surface area contributed by atoms with Gasteiger partial charge in [-0.2, -0.15) is 4.31 Å². The number of benzene rings is 2. The first kappa shape index (κ1) is 22.0. The Bertz CT molecular complexity index is 1130. The minimum atomic E-state index is -3.82. The van der Waals surface area contributed by atoms with Gasteiger partial charge in [-0.1, -0.05) is 55.8 Å². The Morgan fingerprint density at radius 3 is 2.50 bits per heavy atom. The van der Waals surface area contributed by atoms with Gasteiger partial charge in [0.15, 0.2) is 12.4 Å². The van der Waals surface area contributed by atoms with Crippen molar-refractivity contribution in [1.82, 2.24) is 9.29 Å². The van der Waals surface area contributed by atoms with Gasteiger partial charge in [0, 0.05) is 18.7 Å². The van der Waals surface area contributed by atoms with E-state index in [-0.39, 0.29) is 41.1 Å². The van der Waals surface area contributed by atoms with Gasteiger partial charge in [-0.25, -0.2) is 18.2 Å². The molecular weight excluding hydrogens is 428 g/mol. The molecule has 158 valence electrons. The van der Waals surface area contributed by atoms with Crippen molar-refractivity contribution in [3.05, 3.63) is 71.2 Å². The van der Waals surface area contributed by atoms with Gasteiger partial charge >= 0.3 is 5.97 Å². The fourth-order valence-electron chi connectivity index (χ4n) is 2.85. The molecule has 0 fully saturated rings. The minimum Gasteiger partial charge on any atom is -0.452 e. The Hall–Kier alpha value is -2.68. The van der Waals surface area contributed by atoms with E-state index in [0.29, 0.717) is 5.76 Å². The van der Waals surface area contributed by atoms with Gasteiger partial charge in [0.2, 0.25) is 15.9 Å². The van der Waals surface area contributed by atoms with Gasteiger partial charge in [0.25, 0.3) is 0 Å². The Morgan fingerprint density at radius 2 is 1.83 bits per heavy atom. The zero-order chi connectivity index (χ0) is 21.7. The SMILES string of the molecule is CCN(CC)S(=O)(=O)c1cc(C(=O)OCc2ncc(-c3ccccc3)o2)ccc1Cl. The highest BCUT2D eigenvalue weighted by Gasteiger charge is 2.26. The highest BCUT2D eigenvalue weighted by molar-refractivity contribution is 7.89. The Labute approximate surface area is 180 Å². The lowest BCUT2D eigenvalue weighted by Crippen LogP contribution is -2.31. The van der Waals surface area contributed by atoms with Crippen molar-refractivity contribution >= 4 is 27.6 Å². The van der Waals surface area contributed by atoms with E-state index in [9.17, 15) is 13.2 Å². The highest BCUT2D eigenvalue weighted by atomic mass is 35.5. The monoisotopic (exact) mass is 448 g/mol. The number of carbonyl (C=O) groups is 1. The molecule has 0 aliphatic heterocycles. The molecule has 0 atom stereocenters. The van der Waals surface area contributed by atoms with Crippen LogP contribution < -0.4 is 0 Å². The van der Waals surface area contributed by atoms with E-state index in [1.807, 2.05) is 30.3 Å². The number of ether oxygens (including phenoxy) is 1. The Balaban J connectivity index is 1.74. The van der Waals surface area contributed by atoms with Crippen molar-refractivity contribution in [2.45, 2.75) is 25.3 Å². The summed E-state index contributed by atoms with van der Waals surface area (Å²) in [4.78, 5) is 16.4. The Morgan fingerprint density at radius 1 is 1.13 bits per heavy atom. The fourth-order valence-corrected chi connectivity index (χ4v) is 4.81. The van der Waals surface area contributed by atoms with Crippen LogP contribution in [0.15, 0.2) is 64.0 Å². The molecule has 3 rings (SSSR count). The molecular formula is C21H21ClN2O5S. The number of carbonyl (C=O) groups excluding carboxylic acids is 1. The second-order valence-corrected chi connectivity index (χ2v) is 8.61. The van der Waals surface area contributed by atoms with E-state index in [1.165, 1.54) is 22.5 Å². The van der Waals surface area contributed by atoms with Crippen molar-refractivity contribution in [2.24, 2.45) is 0 Å². The molecule has 0 unspecified atom stereocenters. The molecule has 2 aromatic carbocycles. The molecule has 9 heteroatoms. The first-order valence-electron chi connectivity index (χ1n) is 9.33. The van der Waals surface area contributed by atoms with Crippen LogP contribution in [0, 0.1) is 0 Å². The molecule has 1 aromatic heterocycles. The first-order chi connectivity index (χ1) is 14.4. The molecule has 0 aliphatic carbocycles. The van der Waals surface area contributed by atoms with Crippen molar-refractivity contribution in [2.75, 3.05) is 13.1 Å². The summed E-state index contributed by atoms with van der Waals surface area (Å²) in [7, 11) is -3.82. The quantitative estimate of drug-likeness (QED) is 0.475. The third kappa shape index (κ3) is 4.72. The van der Waals surface area contributed by atoms with Crippen molar-refractivity contribution in [3.8, 4) is 11.3 Å². The van der Waals surface area contributed by atoms with E-state index < -0.39 is 16.0 Å². The summed E-state index contributed by atoms with van der Waals surface area (Å²) in [6, 6.07) is 13.4. The molecule has 0 radical (unpaired) electrons. The zero-order valence-corrected chi connectivity index (χ0v) is 18.1. The van der Waals surface area contributed by atoms with Crippen LogP contribution in [-0.4, -0.2) is 36.8 Å². The largest absolute Gasteiger partial charge is 0.452 e. The van der Waals surface area contributed by atoms with Crippen LogP contribution in [0.3, 0.4) is 0 Å². The van der Waals surface area contributed by atoms with E-state index in [0.717, 1.165) is 5.56 Å². The summed E-state index contributed by atoms with van der Waals surface area (Å²) in [6.07, 6.45) is 1.55. The van der Waals surface area contributed by atoms with Crippen molar-refractivity contribution in [3.63, 3.8) is 0 Å². The average Bonchev–Trinajstić information content (AvgIpc) is 3.22. The number of halogens is 1. The summed E-state index contributed by atoms with van der Waals surface area (Å²) >= 11 is 6.09. The van der Waals surface area contributed by atoms with Crippen LogP contribution in [0.1, 0.15) is 30.1 Å². The van der Waals surface area contributed by atoms with Crippen LogP contribution in [0.4, 0.5) is 0 Å². The predicted octanol–water partition coefficient (Wildman–Crippen LogP) is 4.38. The highest BCUT2D eigenvalue weighted by Crippen LogP contribution is 2.26. The maximum Gasteiger partial charge on any atom is 0.338 e. The second-order valence-electron chi connectivity index (χ2n) is 6.29. The Kier molecular flexibility index (Phi) is 6.91. The van der Waals surface area contributed by atoms with E-state index in [4.69, 9.17) is 20.8 Å². The van der Waals surface area contributed by atoms with Gasteiger partial charge < -0.3 is 9.15 Å². The van der Waals surface area contributed by atoms with Crippen molar-refractivity contribution in [1.29, 1.82) is 0 Å². The summed E-state index contributed by atoms with van der Waals surface area (Å²) in [5.74, 6) is 0.0787. The topological polar surface area (TPSA) is 89.7 Å². The van der Waals surface area contributed by atoms with Gasteiger partial charge in [-0.05, 0) is 18.2 Å². The van der Waals surface area contributed by atoms with E-state index >= 15 is 0 Å². The molecule has 30 heavy (non-hydrogen) atoms. The first-order valence-corrected chi connectivity index (χ1v) is 11.2. The molecule has 7 nitrogen and oxygen atoms in total. The third-order valence-corrected chi connectivity index (χ3v) is 6.96. The minimum absolute atomic E-state index is 0.0404. The molecule has 0 N–H and O–H groups in total. The number of sulfonamides is 1. The third-order valence-electron chi connectivity index (χ3n) is 4.43. The van der Waals surface area contributed by atoms with Crippen LogP contribution in [-0.2, 0) is 21.4 Å². The molecule has 1 heterocycles. The average molecular weight is 449 g/mol. The van der Waals surface area contributed by atoms with Crippen molar-refractivity contribution < 1.29 is 22.4 Å².